The Morgan fingerprint density at radius 3 is 2.41 bits per heavy atom. The molecular weight excluding hydrogens is 368 g/mol. The van der Waals surface area contributed by atoms with Crippen LogP contribution in [0, 0.1) is 0 Å². The number of halogens is 1. The molecule has 1 aromatic carbocycles. The Morgan fingerprint density at radius 1 is 1.07 bits per heavy atom. The van der Waals surface area contributed by atoms with Gasteiger partial charge in [0.1, 0.15) is 0 Å². The highest BCUT2D eigenvalue weighted by Gasteiger charge is 2.29. The molecule has 1 fully saturated rings. The van der Waals surface area contributed by atoms with Crippen LogP contribution in [0.4, 0.5) is 11.5 Å². The highest BCUT2D eigenvalue weighted by atomic mass is 35.5. The van der Waals surface area contributed by atoms with E-state index in [-0.39, 0.29) is 11.3 Å². The van der Waals surface area contributed by atoms with E-state index in [0.29, 0.717) is 29.5 Å². The zero-order valence-corrected chi connectivity index (χ0v) is 15.1. The van der Waals surface area contributed by atoms with Gasteiger partial charge in [-0.05, 0) is 36.4 Å². The molecule has 0 radical (unpaired) electrons. The third kappa shape index (κ3) is 3.46. The van der Waals surface area contributed by atoms with Gasteiger partial charge < -0.3 is 19.4 Å². The molecule has 3 heterocycles. The molecule has 27 heavy (non-hydrogen) atoms. The number of rotatable bonds is 4. The van der Waals surface area contributed by atoms with Crippen LogP contribution in [0.1, 0.15) is 10.4 Å². The van der Waals surface area contributed by atoms with Crippen molar-refractivity contribution in [2.24, 2.45) is 0 Å². The zero-order chi connectivity index (χ0) is 18.8. The maximum absolute atomic E-state index is 11.9. The fourth-order valence-electron chi connectivity index (χ4n) is 3.21. The van der Waals surface area contributed by atoms with E-state index in [4.69, 9.17) is 16.1 Å². The summed E-state index contributed by atoms with van der Waals surface area (Å²) in [7, 11) is 0. The lowest BCUT2D eigenvalue weighted by molar-refractivity contribution is 0.0698. The highest BCUT2D eigenvalue weighted by Crippen LogP contribution is 2.32. The second-order valence-electron chi connectivity index (χ2n) is 6.21. The normalized spacial score (nSPS) is 14.4. The average Bonchev–Trinajstić information content (AvgIpc) is 3.15. The Balaban J connectivity index is 1.58. The van der Waals surface area contributed by atoms with E-state index in [1.807, 2.05) is 23.2 Å². The van der Waals surface area contributed by atoms with Gasteiger partial charge in [0.05, 0.1) is 11.9 Å². The van der Waals surface area contributed by atoms with Gasteiger partial charge in [-0.3, -0.25) is 4.98 Å². The minimum absolute atomic E-state index is 0.0761. The van der Waals surface area contributed by atoms with Crippen molar-refractivity contribution in [3.8, 4) is 11.3 Å². The van der Waals surface area contributed by atoms with Crippen molar-refractivity contribution in [1.82, 2.24) is 10.1 Å². The average molecular weight is 385 g/mol. The molecule has 3 aromatic rings. The lowest BCUT2D eigenvalue weighted by Crippen LogP contribution is -2.47. The molecule has 1 aliphatic heterocycles. The van der Waals surface area contributed by atoms with Crippen molar-refractivity contribution < 1.29 is 14.4 Å². The Bertz CT molecular complexity index is 935. The molecule has 1 N–H and O–H groups in total. The SMILES string of the molecule is O=C(O)c1c(N2CCN(c3cccnc3)CC2)noc1-c1ccc(Cl)cc1. The summed E-state index contributed by atoms with van der Waals surface area (Å²) >= 11 is 5.91. The molecule has 0 bridgehead atoms. The Hall–Kier alpha value is -3.06. The number of piperazine rings is 1. The predicted molar refractivity (Wildman–Crippen MR) is 103 cm³/mol. The van der Waals surface area contributed by atoms with E-state index in [1.165, 1.54) is 0 Å². The van der Waals surface area contributed by atoms with E-state index in [2.05, 4.69) is 15.0 Å². The third-order valence-electron chi connectivity index (χ3n) is 4.58. The number of carboxylic acid groups (broad SMARTS) is 1. The maximum Gasteiger partial charge on any atom is 0.343 e. The largest absolute Gasteiger partial charge is 0.477 e. The number of aromatic carboxylic acids is 1. The first kappa shape index (κ1) is 17.4. The molecule has 2 aromatic heterocycles. The molecule has 1 saturated heterocycles. The summed E-state index contributed by atoms with van der Waals surface area (Å²) in [4.78, 5) is 20.2. The highest BCUT2D eigenvalue weighted by molar-refractivity contribution is 6.30. The van der Waals surface area contributed by atoms with Gasteiger partial charge in [-0.15, -0.1) is 0 Å². The van der Waals surface area contributed by atoms with Crippen LogP contribution in [0.15, 0.2) is 53.3 Å². The van der Waals surface area contributed by atoms with Gasteiger partial charge >= 0.3 is 5.97 Å². The lowest BCUT2D eigenvalue weighted by Gasteiger charge is -2.35. The number of hydrogen-bond donors (Lipinski definition) is 1. The van der Waals surface area contributed by atoms with Gasteiger partial charge in [-0.25, -0.2) is 4.79 Å². The van der Waals surface area contributed by atoms with Gasteiger partial charge in [-0.2, -0.15) is 0 Å². The maximum atomic E-state index is 11.9. The van der Waals surface area contributed by atoms with E-state index >= 15 is 0 Å². The summed E-state index contributed by atoms with van der Waals surface area (Å²) in [5.74, 6) is -0.465. The van der Waals surface area contributed by atoms with E-state index < -0.39 is 5.97 Å². The first-order valence-electron chi connectivity index (χ1n) is 8.52. The van der Waals surface area contributed by atoms with Crippen molar-refractivity contribution >= 4 is 29.1 Å². The molecule has 0 unspecified atom stereocenters. The molecule has 4 rings (SSSR count). The number of anilines is 2. The van der Waals surface area contributed by atoms with Gasteiger partial charge in [0.15, 0.2) is 17.1 Å². The van der Waals surface area contributed by atoms with Crippen LogP contribution in [-0.4, -0.2) is 47.4 Å². The van der Waals surface area contributed by atoms with Crippen LogP contribution < -0.4 is 9.80 Å². The van der Waals surface area contributed by atoms with Gasteiger partial charge in [-0.1, -0.05) is 16.8 Å². The fourth-order valence-corrected chi connectivity index (χ4v) is 3.33. The van der Waals surface area contributed by atoms with Crippen LogP contribution in [0.3, 0.4) is 0 Å². The minimum atomic E-state index is -1.06. The zero-order valence-electron chi connectivity index (χ0n) is 14.4. The van der Waals surface area contributed by atoms with Gasteiger partial charge in [0, 0.05) is 43.0 Å². The molecular formula is C19H17ClN4O3. The molecule has 0 spiro atoms. The Kier molecular flexibility index (Phi) is 4.68. The molecule has 138 valence electrons. The van der Waals surface area contributed by atoms with Gasteiger partial charge in [0.25, 0.3) is 0 Å². The van der Waals surface area contributed by atoms with Crippen LogP contribution in [0.25, 0.3) is 11.3 Å². The first-order valence-corrected chi connectivity index (χ1v) is 8.90. The minimum Gasteiger partial charge on any atom is -0.477 e. The lowest BCUT2D eigenvalue weighted by atomic mass is 10.1. The topological polar surface area (TPSA) is 82.7 Å². The second-order valence-corrected chi connectivity index (χ2v) is 6.64. The van der Waals surface area contributed by atoms with E-state index in [9.17, 15) is 9.90 Å². The molecule has 0 aliphatic carbocycles. The summed E-state index contributed by atoms with van der Waals surface area (Å²) in [6, 6.07) is 10.7. The predicted octanol–water partition coefficient (Wildman–Crippen LogP) is 3.41. The van der Waals surface area contributed by atoms with Crippen LogP contribution >= 0.6 is 11.6 Å². The molecule has 0 amide bonds. The fraction of sp³-hybridized carbons (Fsp3) is 0.211. The number of nitrogens with zero attached hydrogens (tertiary/aromatic N) is 4. The van der Waals surface area contributed by atoms with Crippen molar-refractivity contribution in [2.75, 3.05) is 36.0 Å². The molecule has 0 atom stereocenters. The third-order valence-corrected chi connectivity index (χ3v) is 4.84. The number of aromatic nitrogens is 2. The van der Waals surface area contributed by atoms with Crippen LogP contribution in [0.5, 0.6) is 0 Å². The summed E-state index contributed by atoms with van der Waals surface area (Å²) in [6.07, 6.45) is 3.57. The smallest absolute Gasteiger partial charge is 0.343 e. The van der Waals surface area contributed by atoms with E-state index in [0.717, 1.165) is 18.8 Å². The van der Waals surface area contributed by atoms with Crippen molar-refractivity contribution in [2.45, 2.75) is 0 Å². The standard InChI is InChI=1S/C19H17ClN4O3/c20-14-5-3-13(4-6-14)17-16(19(25)26)18(22-27-17)24-10-8-23(9-11-24)15-2-1-7-21-12-15/h1-7,12H,8-11H2,(H,25,26). The van der Waals surface area contributed by atoms with E-state index in [1.54, 1.807) is 30.5 Å². The molecule has 1 aliphatic rings. The summed E-state index contributed by atoms with van der Waals surface area (Å²) in [6.45, 7) is 2.77. The van der Waals surface area contributed by atoms with Crippen molar-refractivity contribution in [3.63, 3.8) is 0 Å². The number of carbonyl (C=O) groups is 1. The molecule has 8 heteroatoms. The van der Waals surface area contributed by atoms with Crippen molar-refractivity contribution in [1.29, 1.82) is 0 Å². The number of carboxylic acids is 1. The first-order chi connectivity index (χ1) is 13.1. The summed E-state index contributed by atoms with van der Waals surface area (Å²) in [5.41, 5.74) is 1.76. The Morgan fingerprint density at radius 2 is 1.78 bits per heavy atom. The van der Waals surface area contributed by atoms with Crippen molar-refractivity contribution in [3.05, 3.63) is 59.4 Å². The number of hydrogen-bond acceptors (Lipinski definition) is 6. The number of benzene rings is 1. The quantitative estimate of drug-likeness (QED) is 0.737. The second kappa shape index (κ2) is 7.28. The molecule has 7 nitrogen and oxygen atoms in total. The Labute approximate surface area is 160 Å². The van der Waals surface area contributed by atoms with Crippen LogP contribution in [-0.2, 0) is 0 Å². The summed E-state index contributed by atoms with van der Waals surface area (Å²) < 4.78 is 5.41. The monoisotopic (exact) mass is 384 g/mol. The van der Waals surface area contributed by atoms with Crippen LogP contribution in [0.2, 0.25) is 5.02 Å². The summed E-state index contributed by atoms with van der Waals surface area (Å²) in [5, 5.41) is 14.4. The number of pyridine rings is 1. The molecule has 0 saturated carbocycles. The van der Waals surface area contributed by atoms with Gasteiger partial charge in [0.2, 0.25) is 0 Å².